The summed E-state index contributed by atoms with van der Waals surface area (Å²) in [7, 11) is 10.2. The zero-order chi connectivity index (χ0) is 10.2. The largest absolute Gasteiger partial charge is 0.331 e. The van der Waals surface area contributed by atoms with Gasteiger partial charge in [0.25, 0.3) is 0 Å². The molecule has 0 saturated heterocycles. The van der Waals surface area contributed by atoms with Gasteiger partial charge in [0.2, 0.25) is 0 Å². The van der Waals surface area contributed by atoms with E-state index in [1.54, 1.807) is 0 Å². The Morgan fingerprint density at radius 3 is 2.15 bits per heavy atom. The molecular formula is C10H24N2Si+. The molecule has 77 valence electrons. The molecule has 0 aromatic heterocycles. The van der Waals surface area contributed by atoms with Crippen LogP contribution >= 0.6 is 0 Å². The van der Waals surface area contributed by atoms with Crippen molar-refractivity contribution in [1.82, 2.24) is 5.32 Å². The van der Waals surface area contributed by atoms with Crippen molar-refractivity contribution in [2.75, 3.05) is 40.8 Å². The maximum atomic E-state index is 3.46. The third-order valence-electron chi connectivity index (χ3n) is 1.96. The lowest BCUT2D eigenvalue weighted by Gasteiger charge is -2.23. The van der Waals surface area contributed by atoms with Crippen LogP contribution in [0.15, 0.2) is 0 Å². The molecule has 1 N–H and O–H groups in total. The van der Waals surface area contributed by atoms with Crippen molar-refractivity contribution < 1.29 is 4.48 Å². The predicted octanol–water partition coefficient (Wildman–Crippen LogP) is 1.04. The van der Waals surface area contributed by atoms with E-state index in [2.05, 4.69) is 36.7 Å². The van der Waals surface area contributed by atoms with Gasteiger partial charge in [-0.25, -0.2) is 0 Å². The topological polar surface area (TPSA) is 12.0 Å². The number of hydrogen-bond acceptors (Lipinski definition) is 1. The zero-order valence-electron chi connectivity index (χ0n) is 9.40. The van der Waals surface area contributed by atoms with Gasteiger partial charge in [0.1, 0.15) is 0 Å². The number of quaternary nitrogens is 1. The SMILES string of the molecule is C[N+](C)(C)CCCCNCCC[Si]. The van der Waals surface area contributed by atoms with E-state index in [1.165, 1.54) is 32.4 Å². The lowest BCUT2D eigenvalue weighted by molar-refractivity contribution is -0.870. The average Bonchev–Trinajstić information content (AvgIpc) is 2.01. The second-order valence-corrected chi connectivity index (χ2v) is 5.07. The first kappa shape index (κ1) is 13.1. The normalized spacial score (nSPS) is 12.0. The van der Waals surface area contributed by atoms with Crippen LogP contribution < -0.4 is 5.32 Å². The van der Waals surface area contributed by atoms with Crippen molar-refractivity contribution in [3.05, 3.63) is 0 Å². The van der Waals surface area contributed by atoms with Gasteiger partial charge < -0.3 is 9.80 Å². The van der Waals surface area contributed by atoms with Crippen LogP contribution in [-0.4, -0.2) is 55.5 Å². The van der Waals surface area contributed by atoms with Crippen LogP contribution in [0.3, 0.4) is 0 Å². The Kier molecular flexibility index (Phi) is 7.61. The van der Waals surface area contributed by atoms with E-state index in [0.717, 1.165) is 17.1 Å². The van der Waals surface area contributed by atoms with Gasteiger partial charge in [0.05, 0.1) is 27.7 Å². The number of unbranched alkanes of at least 4 members (excludes halogenated alkanes) is 1. The van der Waals surface area contributed by atoms with Crippen molar-refractivity contribution in [2.24, 2.45) is 0 Å². The number of nitrogens with zero attached hydrogens (tertiary/aromatic N) is 1. The first-order chi connectivity index (χ1) is 6.06. The van der Waals surface area contributed by atoms with Gasteiger partial charge in [-0.2, -0.15) is 0 Å². The molecule has 0 aliphatic rings. The Bertz CT molecular complexity index is 110. The maximum Gasteiger partial charge on any atom is 0.0780 e. The van der Waals surface area contributed by atoms with Crippen LogP contribution in [0, 0.1) is 0 Å². The highest BCUT2D eigenvalue weighted by Crippen LogP contribution is 1.96. The second kappa shape index (κ2) is 7.53. The van der Waals surface area contributed by atoms with Gasteiger partial charge in [0.15, 0.2) is 0 Å². The Balaban J connectivity index is 3.00. The Morgan fingerprint density at radius 1 is 1.00 bits per heavy atom. The van der Waals surface area contributed by atoms with E-state index in [0.29, 0.717) is 0 Å². The minimum Gasteiger partial charge on any atom is -0.331 e. The zero-order valence-corrected chi connectivity index (χ0v) is 10.4. The van der Waals surface area contributed by atoms with Crippen molar-refractivity contribution in [1.29, 1.82) is 0 Å². The fraction of sp³-hybridized carbons (Fsp3) is 1.00. The van der Waals surface area contributed by atoms with Gasteiger partial charge in [-0.3, -0.25) is 0 Å². The Morgan fingerprint density at radius 2 is 1.62 bits per heavy atom. The molecule has 2 nitrogen and oxygen atoms in total. The van der Waals surface area contributed by atoms with Crippen molar-refractivity contribution in [2.45, 2.75) is 25.3 Å². The number of hydrogen-bond donors (Lipinski definition) is 1. The minimum absolute atomic E-state index is 1.08. The van der Waals surface area contributed by atoms with Gasteiger partial charge in [-0.1, -0.05) is 6.04 Å². The van der Waals surface area contributed by atoms with E-state index in [4.69, 9.17) is 0 Å². The van der Waals surface area contributed by atoms with E-state index >= 15 is 0 Å². The molecule has 0 amide bonds. The Labute approximate surface area is 86.7 Å². The van der Waals surface area contributed by atoms with E-state index in [9.17, 15) is 0 Å². The molecule has 0 spiro atoms. The van der Waals surface area contributed by atoms with E-state index in [-0.39, 0.29) is 0 Å². The Hall–Kier alpha value is 0.137. The highest BCUT2D eigenvalue weighted by molar-refractivity contribution is 6.08. The van der Waals surface area contributed by atoms with Gasteiger partial charge in [-0.05, 0) is 32.4 Å². The summed E-state index contributed by atoms with van der Waals surface area (Å²) in [5.41, 5.74) is 0. The first-order valence-corrected chi connectivity index (χ1v) is 5.93. The van der Waals surface area contributed by atoms with Crippen LogP contribution in [0.25, 0.3) is 0 Å². The summed E-state index contributed by atoms with van der Waals surface area (Å²) in [6.45, 7) is 3.60. The first-order valence-electron chi connectivity index (χ1n) is 5.22. The average molecular weight is 200 g/mol. The maximum absolute atomic E-state index is 3.46. The monoisotopic (exact) mass is 200 g/mol. The van der Waals surface area contributed by atoms with Crippen molar-refractivity contribution in [3.8, 4) is 0 Å². The third kappa shape index (κ3) is 12.1. The molecule has 0 fully saturated rings. The molecule has 0 unspecified atom stereocenters. The molecule has 0 aromatic rings. The molecule has 3 radical (unpaired) electrons. The standard InChI is InChI=1S/C10H24N2Si/c1-12(2,3)9-5-4-7-11-8-6-10-13/h11H,4-10H2,1-3H3/q+1. The number of rotatable bonds is 8. The van der Waals surface area contributed by atoms with Crippen LogP contribution in [0.4, 0.5) is 0 Å². The second-order valence-electron chi connectivity index (χ2n) is 4.57. The van der Waals surface area contributed by atoms with Gasteiger partial charge in [0, 0.05) is 10.2 Å². The highest BCUT2D eigenvalue weighted by atomic mass is 28.1. The molecule has 0 aliphatic carbocycles. The van der Waals surface area contributed by atoms with Crippen LogP contribution in [-0.2, 0) is 0 Å². The van der Waals surface area contributed by atoms with Crippen LogP contribution in [0.2, 0.25) is 6.04 Å². The summed E-state index contributed by atoms with van der Waals surface area (Å²) in [6, 6.07) is 1.10. The van der Waals surface area contributed by atoms with Crippen molar-refractivity contribution >= 4 is 10.2 Å². The summed E-state index contributed by atoms with van der Waals surface area (Å²) in [6.07, 6.45) is 3.85. The molecule has 0 atom stereocenters. The molecule has 0 bridgehead atoms. The summed E-state index contributed by atoms with van der Waals surface area (Å²) in [4.78, 5) is 0. The van der Waals surface area contributed by atoms with E-state index in [1.807, 2.05) is 0 Å². The molecular weight excluding hydrogens is 176 g/mol. The summed E-state index contributed by atoms with van der Waals surface area (Å²) < 4.78 is 1.08. The van der Waals surface area contributed by atoms with E-state index < -0.39 is 0 Å². The van der Waals surface area contributed by atoms with Crippen molar-refractivity contribution in [3.63, 3.8) is 0 Å². The molecule has 0 saturated carbocycles. The molecule has 0 aliphatic heterocycles. The fourth-order valence-electron chi connectivity index (χ4n) is 1.17. The molecule has 0 heterocycles. The van der Waals surface area contributed by atoms with Gasteiger partial charge >= 0.3 is 0 Å². The third-order valence-corrected chi connectivity index (χ3v) is 2.32. The number of nitrogens with one attached hydrogen (secondary N) is 1. The summed E-state index contributed by atoms with van der Waals surface area (Å²) in [5.74, 6) is 0. The quantitative estimate of drug-likeness (QED) is 0.351. The lowest BCUT2D eigenvalue weighted by Crippen LogP contribution is -2.35. The smallest absolute Gasteiger partial charge is 0.0780 e. The summed E-state index contributed by atoms with van der Waals surface area (Å²) in [5, 5.41) is 3.43. The molecule has 3 heteroatoms. The molecule has 0 aromatic carbocycles. The van der Waals surface area contributed by atoms with Gasteiger partial charge in [-0.15, -0.1) is 0 Å². The van der Waals surface area contributed by atoms with Crippen LogP contribution in [0.5, 0.6) is 0 Å². The molecule has 13 heavy (non-hydrogen) atoms. The fourth-order valence-corrected chi connectivity index (χ4v) is 1.35. The highest BCUT2D eigenvalue weighted by Gasteiger charge is 2.04. The van der Waals surface area contributed by atoms with Crippen LogP contribution in [0.1, 0.15) is 19.3 Å². The summed E-state index contributed by atoms with van der Waals surface area (Å²) >= 11 is 0. The molecule has 0 rings (SSSR count). The predicted molar refractivity (Wildman–Crippen MR) is 60.2 cm³/mol. The lowest BCUT2D eigenvalue weighted by atomic mass is 10.3. The minimum atomic E-state index is 1.08.